The molecule has 0 saturated carbocycles. The number of carbonyl (C=O) groups excluding carboxylic acids is 1. The molecule has 0 heterocycles. The van der Waals surface area contributed by atoms with Crippen LogP contribution in [0.2, 0.25) is 0 Å². The summed E-state index contributed by atoms with van der Waals surface area (Å²) >= 11 is 0. The summed E-state index contributed by atoms with van der Waals surface area (Å²) in [6.45, 7) is 10.4. The summed E-state index contributed by atoms with van der Waals surface area (Å²) in [6, 6.07) is 18.9. The molecule has 24 heavy (non-hydrogen) atoms. The molecule has 0 aromatic heterocycles. The van der Waals surface area contributed by atoms with Crippen molar-refractivity contribution in [2.75, 3.05) is 6.61 Å². The minimum Gasteiger partial charge on any atom is -0.463 e. The topological polar surface area (TPSA) is 26.3 Å². The third-order valence-corrected chi connectivity index (χ3v) is 4.68. The van der Waals surface area contributed by atoms with Crippen molar-refractivity contribution in [1.82, 2.24) is 0 Å². The lowest BCUT2D eigenvalue weighted by molar-refractivity contribution is -0.138. The van der Waals surface area contributed by atoms with Crippen molar-refractivity contribution in [3.63, 3.8) is 0 Å². The highest BCUT2D eigenvalue weighted by atomic mass is 16.5. The fraction of sp³-hybridized carbons (Fsp3) is 0.318. The van der Waals surface area contributed by atoms with Gasteiger partial charge in [0.1, 0.15) is 0 Å². The van der Waals surface area contributed by atoms with Gasteiger partial charge in [0, 0.05) is 11.0 Å². The van der Waals surface area contributed by atoms with E-state index in [0.29, 0.717) is 12.2 Å². The van der Waals surface area contributed by atoms with E-state index in [2.05, 4.69) is 62.4 Å². The van der Waals surface area contributed by atoms with Gasteiger partial charge in [-0.05, 0) is 43.0 Å². The van der Waals surface area contributed by atoms with Gasteiger partial charge in [0.15, 0.2) is 0 Å². The maximum atomic E-state index is 11.9. The molecule has 0 radical (unpaired) electrons. The predicted molar refractivity (Wildman–Crippen MR) is 99.9 cm³/mol. The predicted octanol–water partition coefficient (Wildman–Crippen LogP) is 5.37. The Morgan fingerprint density at radius 3 is 2.00 bits per heavy atom. The van der Waals surface area contributed by atoms with Gasteiger partial charge >= 0.3 is 5.97 Å². The number of esters is 1. The number of hydrogen-bond acceptors (Lipinski definition) is 2. The Labute approximate surface area is 145 Å². The van der Waals surface area contributed by atoms with Crippen LogP contribution in [0.15, 0.2) is 60.2 Å². The highest BCUT2D eigenvalue weighted by Gasteiger charge is 2.22. The average Bonchev–Trinajstić information content (AvgIpc) is 2.61. The third-order valence-electron chi connectivity index (χ3n) is 4.68. The number of carbonyl (C=O) groups is 1. The summed E-state index contributed by atoms with van der Waals surface area (Å²) in [5.41, 5.74) is 5.14. The minimum absolute atomic E-state index is 0.0619. The van der Waals surface area contributed by atoms with Crippen molar-refractivity contribution in [3.8, 4) is 0 Å². The van der Waals surface area contributed by atoms with Crippen LogP contribution in [0.5, 0.6) is 0 Å². The number of ether oxygens (including phenoxy) is 1. The molecule has 0 aliphatic heterocycles. The molecular weight excluding hydrogens is 296 g/mol. The van der Waals surface area contributed by atoms with Crippen molar-refractivity contribution < 1.29 is 9.53 Å². The molecular formula is C22H26O2. The molecule has 0 atom stereocenters. The molecule has 2 nitrogen and oxygen atoms in total. The fourth-order valence-electron chi connectivity index (χ4n) is 2.77. The summed E-state index contributed by atoms with van der Waals surface area (Å²) in [6.07, 6.45) is 0. The van der Waals surface area contributed by atoms with E-state index in [-0.39, 0.29) is 11.4 Å². The lowest BCUT2D eigenvalue weighted by Gasteiger charge is -2.26. The molecule has 0 amide bonds. The molecule has 2 aromatic rings. The molecule has 2 aromatic carbocycles. The second-order valence-corrected chi connectivity index (χ2v) is 6.54. The van der Waals surface area contributed by atoms with Crippen molar-refractivity contribution in [2.24, 2.45) is 0 Å². The van der Waals surface area contributed by atoms with Crippen LogP contribution in [-0.4, -0.2) is 12.6 Å². The van der Waals surface area contributed by atoms with Crippen LogP contribution in [0.3, 0.4) is 0 Å². The first kappa shape index (κ1) is 18.0. The summed E-state index contributed by atoms with van der Waals surface area (Å²) in [7, 11) is 0. The Bertz CT molecular complexity index is 722. The number of allylic oxidation sites excluding steroid dienone is 1. The van der Waals surface area contributed by atoms with E-state index in [1.165, 1.54) is 11.1 Å². The quantitative estimate of drug-likeness (QED) is 0.546. The van der Waals surface area contributed by atoms with Crippen LogP contribution in [0.1, 0.15) is 51.3 Å². The summed E-state index contributed by atoms with van der Waals surface area (Å²) in [4.78, 5) is 11.9. The first-order valence-corrected chi connectivity index (χ1v) is 8.39. The Balaban J connectivity index is 2.31. The number of rotatable bonds is 5. The van der Waals surface area contributed by atoms with Crippen LogP contribution in [0.4, 0.5) is 0 Å². The van der Waals surface area contributed by atoms with Gasteiger partial charge in [-0.1, -0.05) is 68.4 Å². The molecule has 0 saturated heterocycles. The van der Waals surface area contributed by atoms with Gasteiger partial charge < -0.3 is 4.74 Å². The molecule has 0 aliphatic carbocycles. The van der Waals surface area contributed by atoms with Gasteiger partial charge in [-0.2, -0.15) is 0 Å². The summed E-state index contributed by atoms with van der Waals surface area (Å²) < 4.78 is 5.09. The Morgan fingerprint density at radius 1 is 0.917 bits per heavy atom. The molecule has 2 heteroatoms. The number of benzene rings is 2. The van der Waals surface area contributed by atoms with Gasteiger partial charge in [-0.15, -0.1) is 0 Å². The summed E-state index contributed by atoms with van der Waals surface area (Å²) in [5, 5.41) is 0. The average molecular weight is 322 g/mol. The molecule has 0 bridgehead atoms. The van der Waals surface area contributed by atoms with E-state index in [4.69, 9.17) is 4.74 Å². The van der Waals surface area contributed by atoms with Crippen molar-refractivity contribution >= 4 is 11.5 Å². The largest absolute Gasteiger partial charge is 0.463 e. The van der Waals surface area contributed by atoms with Crippen molar-refractivity contribution in [3.05, 3.63) is 76.9 Å². The lowest BCUT2D eigenvalue weighted by Crippen LogP contribution is -2.18. The smallest absolute Gasteiger partial charge is 0.333 e. The molecule has 2 rings (SSSR count). The van der Waals surface area contributed by atoms with E-state index in [0.717, 1.165) is 11.1 Å². The maximum Gasteiger partial charge on any atom is 0.333 e. The summed E-state index contributed by atoms with van der Waals surface area (Å²) in [5.74, 6) is -0.247. The third kappa shape index (κ3) is 3.76. The lowest BCUT2D eigenvalue weighted by atomic mass is 9.78. The Hall–Kier alpha value is -2.35. The second-order valence-electron chi connectivity index (χ2n) is 6.54. The molecule has 0 N–H and O–H groups in total. The zero-order valence-corrected chi connectivity index (χ0v) is 15.2. The Morgan fingerprint density at radius 2 is 1.46 bits per heavy atom. The molecule has 0 aliphatic rings. The standard InChI is InChI=1S/C22H26O2/c1-6-24-21(23)17(3)16(2)18-12-14-20(15-13-18)22(4,5)19-10-8-7-9-11-19/h7-15H,6H2,1-5H3. The zero-order valence-electron chi connectivity index (χ0n) is 15.2. The highest BCUT2D eigenvalue weighted by molar-refractivity contribution is 5.96. The van der Waals surface area contributed by atoms with Crippen LogP contribution in [0, 0.1) is 0 Å². The van der Waals surface area contributed by atoms with Crippen molar-refractivity contribution in [2.45, 2.75) is 40.0 Å². The first-order chi connectivity index (χ1) is 11.4. The van der Waals surface area contributed by atoms with Crippen LogP contribution in [0.25, 0.3) is 5.57 Å². The zero-order chi connectivity index (χ0) is 17.7. The molecule has 0 unspecified atom stereocenters. The van der Waals surface area contributed by atoms with E-state index in [1.54, 1.807) is 0 Å². The fourth-order valence-corrected chi connectivity index (χ4v) is 2.77. The molecule has 126 valence electrons. The normalized spacial score (nSPS) is 12.5. The van der Waals surface area contributed by atoms with E-state index < -0.39 is 0 Å². The second kappa shape index (κ2) is 7.48. The van der Waals surface area contributed by atoms with Gasteiger partial charge in [0.25, 0.3) is 0 Å². The van der Waals surface area contributed by atoms with E-state index in [9.17, 15) is 4.79 Å². The minimum atomic E-state index is -0.247. The Kier molecular flexibility index (Phi) is 5.61. The van der Waals surface area contributed by atoms with E-state index >= 15 is 0 Å². The molecule has 0 spiro atoms. The van der Waals surface area contributed by atoms with Crippen LogP contribution >= 0.6 is 0 Å². The monoisotopic (exact) mass is 322 g/mol. The first-order valence-electron chi connectivity index (χ1n) is 8.39. The van der Waals surface area contributed by atoms with Gasteiger partial charge in [0.2, 0.25) is 0 Å². The van der Waals surface area contributed by atoms with Crippen molar-refractivity contribution in [1.29, 1.82) is 0 Å². The van der Waals surface area contributed by atoms with Crippen LogP contribution in [-0.2, 0) is 14.9 Å². The van der Waals surface area contributed by atoms with Crippen LogP contribution < -0.4 is 0 Å². The van der Waals surface area contributed by atoms with Gasteiger partial charge in [0.05, 0.1) is 6.61 Å². The van der Waals surface area contributed by atoms with E-state index in [1.807, 2.05) is 26.8 Å². The van der Waals surface area contributed by atoms with Gasteiger partial charge in [-0.25, -0.2) is 4.79 Å². The highest BCUT2D eigenvalue weighted by Crippen LogP contribution is 2.32. The number of hydrogen-bond donors (Lipinski definition) is 0. The maximum absolute atomic E-state index is 11.9. The molecule has 0 fully saturated rings. The SMILES string of the molecule is CCOC(=O)C(C)=C(C)c1ccc(C(C)(C)c2ccccc2)cc1. The van der Waals surface area contributed by atoms with Gasteiger partial charge in [-0.3, -0.25) is 0 Å².